The Bertz CT molecular complexity index is 377. The van der Waals surface area contributed by atoms with E-state index >= 15 is 0 Å². The van der Waals surface area contributed by atoms with Crippen molar-refractivity contribution < 1.29 is 4.52 Å². The van der Waals surface area contributed by atoms with Crippen molar-refractivity contribution in [2.45, 2.75) is 39.4 Å². The lowest BCUT2D eigenvalue weighted by Gasteiger charge is -2.17. The Kier molecular flexibility index (Phi) is 5.36. The molecule has 5 nitrogen and oxygen atoms in total. The minimum Gasteiger partial charge on any atom is -0.360 e. The van der Waals surface area contributed by atoms with Gasteiger partial charge in [-0.05, 0) is 26.6 Å². The van der Waals surface area contributed by atoms with E-state index < -0.39 is 0 Å². The summed E-state index contributed by atoms with van der Waals surface area (Å²) in [7, 11) is 2.19. The summed E-state index contributed by atoms with van der Waals surface area (Å²) in [4.78, 5) is 4.84. The zero-order chi connectivity index (χ0) is 13.7. The molecule has 0 radical (unpaired) electrons. The first-order chi connectivity index (χ1) is 9.13. The normalized spacial score (nSPS) is 18.9. The minimum atomic E-state index is 0.473. The van der Waals surface area contributed by atoms with E-state index in [0.717, 1.165) is 44.2 Å². The van der Waals surface area contributed by atoms with Crippen LogP contribution in [0.25, 0.3) is 0 Å². The van der Waals surface area contributed by atoms with Crippen LogP contribution >= 0.6 is 0 Å². The van der Waals surface area contributed by atoms with Gasteiger partial charge in [-0.1, -0.05) is 19.0 Å². The van der Waals surface area contributed by atoms with Gasteiger partial charge in [0.25, 0.3) is 0 Å². The fourth-order valence-corrected chi connectivity index (χ4v) is 2.30. The van der Waals surface area contributed by atoms with E-state index in [0.29, 0.717) is 6.04 Å². The Labute approximate surface area is 115 Å². The van der Waals surface area contributed by atoms with Gasteiger partial charge < -0.3 is 14.7 Å². The first-order valence-corrected chi connectivity index (χ1v) is 7.22. The van der Waals surface area contributed by atoms with Crippen LogP contribution in [-0.2, 0) is 13.1 Å². The molecule has 19 heavy (non-hydrogen) atoms. The van der Waals surface area contributed by atoms with Crippen LogP contribution in [0, 0.1) is 0 Å². The van der Waals surface area contributed by atoms with Crippen molar-refractivity contribution in [2.75, 3.05) is 33.2 Å². The smallest absolute Gasteiger partial charge is 0.151 e. The van der Waals surface area contributed by atoms with E-state index in [1.165, 1.54) is 13.0 Å². The van der Waals surface area contributed by atoms with Gasteiger partial charge in [0.1, 0.15) is 0 Å². The van der Waals surface area contributed by atoms with Crippen LogP contribution in [-0.4, -0.2) is 54.2 Å². The van der Waals surface area contributed by atoms with Gasteiger partial charge in [0.2, 0.25) is 0 Å². The van der Waals surface area contributed by atoms with Crippen molar-refractivity contribution >= 4 is 0 Å². The van der Waals surface area contributed by atoms with Crippen molar-refractivity contribution in [2.24, 2.45) is 0 Å². The van der Waals surface area contributed by atoms with Gasteiger partial charge in [-0.3, -0.25) is 4.90 Å². The van der Waals surface area contributed by atoms with Crippen molar-refractivity contribution in [1.82, 2.24) is 20.3 Å². The molecule has 1 aromatic rings. The number of likely N-dealkylation sites (N-methyl/N-ethyl adjacent to an activating group) is 1. The minimum absolute atomic E-state index is 0.473. The molecule has 0 amide bonds. The average molecular weight is 266 g/mol. The SMILES string of the molecule is CC(C)NCc1cc(CN2CCCN(C)CC2)on1. The van der Waals surface area contributed by atoms with Gasteiger partial charge in [-0.15, -0.1) is 0 Å². The van der Waals surface area contributed by atoms with Gasteiger partial charge in [-0.25, -0.2) is 0 Å². The average Bonchev–Trinajstić information content (AvgIpc) is 2.71. The predicted octanol–water partition coefficient (Wildman–Crippen LogP) is 1.31. The maximum Gasteiger partial charge on any atom is 0.151 e. The van der Waals surface area contributed by atoms with Crippen molar-refractivity contribution in [3.63, 3.8) is 0 Å². The summed E-state index contributed by atoms with van der Waals surface area (Å²) < 4.78 is 5.42. The topological polar surface area (TPSA) is 44.5 Å². The molecule has 0 saturated carbocycles. The molecular formula is C14H26N4O. The van der Waals surface area contributed by atoms with Gasteiger partial charge in [0, 0.05) is 31.7 Å². The van der Waals surface area contributed by atoms with Crippen molar-refractivity contribution in [1.29, 1.82) is 0 Å². The molecule has 1 fully saturated rings. The molecule has 0 aromatic carbocycles. The highest BCUT2D eigenvalue weighted by Crippen LogP contribution is 2.10. The highest BCUT2D eigenvalue weighted by atomic mass is 16.5. The van der Waals surface area contributed by atoms with E-state index in [9.17, 15) is 0 Å². The number of hydrogen-bond acceptors (Lipinski definition) is 5. The summed E-state index contributed by atoms with van der Waals surface area (Å²) >= 11 is 0. The van der Waals surface area contributed by atoms with E-state index in [1.807, 2.05) is 0 Å². The molecule has 0 bridgehead atoms. The molecule has 1 aromatic heterocycles. The lowest BCUT2D eigenvalue weighted by atomic mass is 10.3. The molecular weight excluding hydrogens is 240 g/mol. The van der Waals surface area contributed by atoms with Gasteiger partial charge in [-0.2, -0.15) is 0 Å². The van der Waals surface area contributed by atoms with Crippen molar-refractivity contribution in [3.8, 4) is 0 Å². The molecule has 0 atom stereocenters. The Hall–Kier alpha value is -0.910. The second kappa shape index (κ2) is 7.03. The van der Waals surface area contributed by atoms with Crippen LogP contribution < -0.4 is 5.32 Å². The fourth-order valence-electron chi connectivity index (χ4n) is 2.30. The highest BCUT2D eigenvalue weighted by Gasteiger charge is 2.14. The van der Waals surface area contributed by atoms with Crippen LogP contribution in [0.2, 0.25) is 0 Å². The number of nitrogens with one attached hydrogen (secondary N) is 1. The summed E-state index contributed by atoms with van der Waals surface area (Å²) in [6.07, 6.45) is 1.23. The van der Waals surface area contributed by atoms with Crippen LogP contribution in [0.15, 0.2) is 10.6 Å². The quantitative estimate of drug-likeness (QED) is 0.870. The largest absolute Gasteiger partial charge is 0.360 e. The molecule has 0 spiro atoms. The first kappa shape index (κ1) is 14.5. The third kappa shape index (κ3) is 4.93. The molecule has 1 aliphatic heterocycles. The zero-order valence-electron chi connectivity index (χ0n) is 12.4. The summed E-state index contributed by atoms with van der Waals surface area (Å²) in [6, 6.07) is 2.55. The van der Waals surface area contributed by atoms with E-state index in [4.69, 9.17) is 4.52 Å². The molecule has 2 heterocycles. The van der Waals surface area contributed by atoms with Crippen molar-refractivity contribution in [3.05, 3.63) is 17.5 Å². The molecule has 1 aliphatic rings. The highest BCUT2D eigenvalue weighted by molar-refractivity contribution is 5.05. The lowest BCUT2D eigenvalue weighted by Crippen LogP contribution is -2.28. The van der Waals surface area contributed by atoms with Gasteiger partial charge in [0.15, 0.2) is 5.76 Å². The molecule has 0 unspecified atom stereocenters. The molecule has 108 valence electrons. The summed E-state index contributed by atoms with van der Waals surface area (Å²) in [5.41, 5.74) is 0.996. The van der Waals surface area contributed by atoms with E-state index in [2.05, 4.69) is 47.2 Å². The summed E-state index contributed by atoms with van der Waals surface area (Å²) in [5.74, 6) is 0.977. The summed E-state index contributed by atoms with van der Waals surface area (Å²) in [6.45, 7) is 10.5. The maximum atomic E-state index is 5.42. The van der Waals surface area contributed by atoms with E-state index in [-0.39, 0.29) is 0 Å². The third-order valence-corrected chi connectivity index (χ3v) is 3.49. The lowest BCUT2D eigenvalue weighted by molar-refractivity contribution is 0.235. The Morgan fingerprint density at radius 1 is 1.32 bits per heavy atom. The zero-order valence-corrected chi connectivity index (χ0v) is 12.4. The standard InChI is InChI=1S/C14H26N4O/c1-12(2)15-10-13-9-14(19-16-13)11-18-6-4-5-17(3)7-8-18/h9,12,15H,4-8,10-11H2,1-3H3. The maximum absolute atomic E-state index is 5.42. The predicted molar refractivity (Wildman–Crippen MR) is 75.9 cm³/mol. The third-order valence-electron chi connectivity index (χ3n) is 3.49. The van der Waals surface area contributed by atoms with Gasteiger partial charge >= 0.3 is 0 Å². The Balaban J connectivity index is 1.82. The van der Waals surface area contributed by atoms with Crippen LogP contribution in [0.3, 0.4) is 0 Å². The van der Waals surface area contributed by atoms with Gasteiger partial charge in [0.05, 0.1) is 12.2 Å². The van der Waals surface area contributed by atoms with Crippen LogP contribution in [0.4, 0.5) is 0 Å². The first-order valence-electron chi connectivity index (χ1n) is 7.22. The fraction of sp³-hybridized carbons (Fsp3) is 0.786. The second-order valence-corrected chi connectivity index (χ2v) is 5.75. The number of nitrogens with zero attached hydrogens (tertiary/aromatic N) is 3. The molecule has 1 saturated heterocycles. The molecule has 5 heteroatoms. The second-order valence-electron chi connectivity index (χ2n) is 5.75. The van der Waals surface area contributed by atoms with Crippen LogP contribution in [0.1, 0.15) is 31.7 Å². The molecule has 0 aliphatic carbocycles. The number of rotatable bonds is 5. The van der Waals surface area contributed by atoms with Crippen LogP contribution in [0.5, 0.6) is 0 Å². The Morgan fingerprint density at radius 3 is 2.95 bits per heavy atom. The van der Waals surface area contributed by atoms with E-state index in [1.54, 1.807) is 0 Å². The Morgan fingerprint density at radius 2 is 2.16 bits per heavy atom. The monoisotopic (exact) mass is 266 g/mol. The molecule has 1 N–H and O–H groups in total. The molecule has 2 rings (SSSR count). The number of aromatic nitrogens is 1. The number of hydrogen-bond donors (Lipinski definition) is 1. The summed E-state index contributed by atoms with van der Waals surface area (Å²) in [5, 5.41) is 7.47.